The van der Waals surface area contributed by atoms with Crippen LogP contribution < -0.4 is 11.1 Å². The summed E-state index contributed by atoms with van der Waals surface area (Å²) in [5.74, 6) is 0.351. The number of aliphatic imine (C=N–C) groups is 1. The summed E-state index contributed by atoms with van der Waals surface area (Å²) in [4.78, 5) is 4.54. The minimum Gasteiger partial charge on any atom is -0.370 e. The standard InChI is InChI=1S/C17H22N4O2S/c1-21(2)24(22,23)16-10-8-15(9-11-16)13-20-17(18)19-12-14-6-4-3-5-7-14/h3-11H,12-13H2,1-2H3,(H3,18,19,20). The minimum absolute atomic E-state index is 0.266. The van der Waals surface area contributed by atoms with E-state index in [4.69, 9.17) is 5.73 Å². The van der Waals surface area contributed by atoms with Gasteiger partial charge < -0.3 is 11.1 Å². The van der Waals surface area contributed by atoms with Gasteiger partial charge in [0.15, 0.2) is 5.96 Å². The molecule has 0 saturated carbocycles. The highest BCUT2D eigenvalue weighted by atomic mass is 32.2. The van der Waals surface area contributed by atoms with Crippen LogP contribution in [0.4, 0.5) is 0 Å². The van der Waals surface area contributed by atoms with Gasteiger partial charge in [-0.15, -0.1) is 0 Å². The second kappa shape index (κ2) is 7.94. The van der Waals surface area contributed by atoms with Crippen molar-refractivity contribution in [2.24, 2.45) is 10.7 Å². The summed E-state index contributed by atoms with van der Waals surface area (Å²) in [6.07, 6.45) is 0. The summed E-state index contributed by atoms with van der Waals surface area (Å²) in [7, 11) is -0.382. The molecule has 0 amide bonds. The van der Waals surface area contributed by atoms with Gasteiger partial charge >= 0.3 is 0 Å². The van der Waals surface area contributed by atoms with Crippen molar-refractivity contribution < 1.29 is 8.42 Å². The molecule has 0 spiro atoms. The van der Waals surface area contributed by atoms with Crippen LogP contribution in [0.3, 0.4) is 0 Å². The predicted octanol–water partition coefficient (Wildman–Crippen LogP) is 1.54. The monoisotopic (exact) mass is 346 g/mol. The first-order valence-corrected chi connectivity index (χ1v) is 8.93. The van der Waals surface area contributed by atoms with Crippen LogP contribution in [0.15, 0.2) is 64.5 Å². The number of hydrogen-bond acceptors (Lipinski definition) is 3. The summed E-state index contributed by atoms with van der Waals surface area (Å²) >= 11 is 0. The van der Waals surface area contributed by atoms with E-state index in [0.29, 0.717) is 19.0 Å². The Balaban J connectivity index is 1.92. The van der Waals surface area contributed by atoms with Crippen molar-refractivity contribution in [3.63, 3.8) is 0 Å². The van der Waals surface area contributed by atoms with E-state index in [0.717, 1.165) is 11.1 Å². The van der Waals surface area contributed by atoms with Crippen molar-refractivity contribution in [1.29, 1.82) is 0 Å². The van der Waals surface area contributed by atoms with Crippen LogP contribution in [-0.4, -0.2) is 32.8 Å². The fourth-order valence-electron chi connectivity index (χ4n) is 2.00. The van der Waals surface area contributed by atoms with E-state index in [1.807, 2.05) is 30.3 Å². The lowest BCUT2D eigenvalue weighted by molar-refractivity contribution is 0.520. The van der Waals surface area contributed by atoms with Crippen molar-refractivity contribution in [1.82, 2.24) is 9.62 Å². The normalized spacial score (nSPS) is 12.4. The minimum atomic E-state index is -3.40. The third kappa shape index (κ3) is 4.81. The summed E-state index contributed by atoms with van der Waals surface area (Å²) in [5.41, 5.74) is 7.85. The average Bonchev–Trinajstić information content (AvgIpc) is 2.59. The van der Waals surface area contributed by atoms with Gasteiger partial charge in [-0.05, 0) is 23.3 Å². The molecule has 0 aliphatic rings. The lowest BCUT2D eigenvalue weighted by atomic mass is 10.2. The molecule has 0 saturated heterocycles. The number of nitrogens with two attached hydrogens (primary N) is 1. The zero-order chi connectivity index (χ0) is 17.6. The molecule has 7 heteroatoms. The summed E-state index contributed by atoms with van der Waals surface area (Å²) in [5, 5.41) is 3.02. The first kappa shape index (κ1) is 18.0. The molecule has 3 N–H and O–H groups in total. The third-order valence-corrected chi connectivity index (χ3v) is 5.28. The Morgan fingerprint density at radius 3 is 2.25 bits per heavy atom. The SMILES string of the molecule is CN(C)S(=O)(=O)c1ccc(CNC(N)=NCc2ccccc2)cc1. The van der Waals surface area contributed by atoms with Gasteiger partial charge in [-0.1, -0.05) is 42.5 Å². The lowest BCUT2D eigenvalue weighted by Gasteiger charge is -2.12. The van der Waals surface area contributed by atoms with Crippen molar-refractivity contribution >= 4 is 16.0 Å². The zero-order valence-electron chi connectivity index (χ0n) is 13.8. The topological polar surface area (TPSA) is 87.8 Å². The van der Waals surface area contributed by atoms with Gasteiger partial charge in [0.05, 0.1) is 11.4 Å². The average molecular weight is 346 g/mol. The van der Waals surface area contributed by atoms with Crippen molar-refractivity contribution in [2.45, 2.75) is 18.0 Å². The first-order valence-electron chi connectivity index (χ1n) is 7.49. The van der Waals surface area contributed by atoms with Crippen LogP contribution in [0.25, 0.3) is 0 Å². The predicted molar refractivity (Wildman–Crippen MR) is 95.9 cm³/mol. The van der Waals surface area contributed by atoms with Gasteiger partial charge in [0, 0.05) is 20.6 Å². The Hall–Kier alpha value is -2.38. The molecule has 0 aliphatic carbocycles. The zero-order valence-corrected chi connectivity index (χ0v) is 14.6. The summed E-state index contributed by atoms with van der Waals surface area (Å²) in [6, 6.07) is 16.5. The second-order valence-corrected chi connectivity index (χ2v) is 7.62. The number of sulfonamides is 1. The summed E-state index contributed by atoms with van der Waals surface area (Å²) < 4.78 is 25.2. The molecule has 0 bridgehead atoms. The Kier molecular flexibility index (Phi) is 5.94. The molecule has 0 aliphatic heterocycles. The van der Waals surface area contributed by atoms with Crippen molar-refractivity contribution in [2.75, 3.05) is 14.1 Å². The van der Waals surface area contributed by atoms with Gasteiger partial charge in [-0.2, -0.15) is 0 Å². The maximum Gasteiger partial charge on any atom is 0.242 e. The molecule has 2 rings (SSSR count). The summed E-state index contributed by atoms with van der Waals surface area (Å²) in [6.45, 7) is 0.992. The van der Waals surface area contributed by atoms with Crippen LogP contribution >= 0.6 is 0 Å². The van der Waals surface area contributed by atoms with Crippen LogP contribution in [0, 0.1) is 0 Å². The molecule has 0 aromatic heterocycles. The van der Waals surface area contributed by atoms with Crippen molar-refractivity contribution in [3.05, 3.63) is 65.7 Å². The quantitative estimate of drug-likeness (QED) is 0.613. The van der Waals surface area contributed by atoms with Gasteiger partial charge in [0.1, 0.15) is 0 Å². The van der Waals surface area contributed by atoms with Gasteiger partial charge in [0.25, 0.3) is 0 Å². The molecule has 24 heavy (non-hydrogen) atoms. The number of nitrogens with zero attached hydrogens (tertiary/aromatic N) is 2. The van der Waals surface area contributed by atoms with Gasteiger partial charge in [0.2, 0.25) is 10.0 Å². The maximum absolute atomic E-state index is 12.0. The smallest absolute Gasteiger partial charge is 0.242 e. The molecule has 0 fully saturated rings. The molecule has 128 valence electrons. The molecule has 2 aromatic rings. The second-order valence-electron chi connectivity index (χ2n) is 5.47. The molecule has 0 atom stereocenters. The Labute approximate surface area is 143 Å². The molecule has 0 unspecified atom stereocenters. The van der Waals surface area contributed by atoms with E-state index in [1.54, 1.807) is 24.3 Å². The van der Waals surface area contributed by atoms with E-state index in [2.05, 4.69) is 10.3 Å². The molecular formula is C17H22N4O2S. The fourth-order valence-corrected chi connectivity index (χ4v) is 2.90. The maximum atomic E-state index is 12.0. The van der Waals surface area contributed by atoms with Gasteiger partial charge in [-0.3, -0.25) is 0 Å². The highest BCUT2D eigenvalue weighted by molar-refractivity contribution is 7.89. The Bertz CT molecular complexity index is 785. The fraction of sp³-hybridized carbons (Fsp3) is 0.235. The molecular weight excluding hydrogens is 324 g/mol. The number of guanidine groups is 1. The highest BCUT2D eigenvalue weighted by Gasteiger charge is 2.16. The van der Waals surface area contributed by atoms with Crippen molar-refractivity contribution in [3.8, 4) is 0 Å². The molecule has 0 heterocycles. The Morgan fingerprint density at radius 1 is 1.04 bits per heavy atom. The first-order chi connectivity index (χ1) is 11.4. The van der Waals surface area contributed by atoms with Crippen LogP contribution in [0.2, 0.25) is 0 Å². The number of benzene rings is 2. The van der Waals surface area contributed by atoms with E-state index < -0.39 is 10.0 Å². The lowest BCUT2D eigenvalue weighted by Crippen LogP contribution is -2.31. The number of nitrogens with one attached hydrogen (secondary N) is 1. The molecule has 0 radical (unpaired) electrons. The van der Waals surface area contributed by atoms with Crippen LogP contribution in [0.5, 0.6) is 0 Å². The molecule has 6 nitrogen and oxygen atoms in total. The highest BCUT2D eigenvalue weighted by Crippen LogP contribution is 2.13. The van der Waals surface area contributed by atoms with Crippen LogP contribution in [-0.2, 0) is 23.1 Å². The van der Waals surface area contributed by atoms with E-state index >= 15 is 0 Å². The van der Waals surface area contributed by atoms with E-state index in [1.165, 1.54) is 18.4 Å². The largest absolute Gasteiger partial charge is 0.370 e. The Morgan fingerprint density at radius 2 is 1.67 bits per heavy atom. The number of hydrogen-bond donors (Lipinski definition) is 2. The van der Waals surface area contributed by atoms with E-state index in [-0.39, 0.29) is 4.90 Å². The van der Waals surface area contributed by atoms with E-state index in [9.17, 15) is 8.42 Å². The number of rotatable bonds is 6. The third-order valence-electron chi connectivity index (χ3n) is 3.45. The van der Waals surface area contributed by atoms with Crippen LogP contribution in [0.1, 0.15) is 11.1 Å². The van der Waals surface area contributed by atoms with Gasteiger partial charge in [-0.25, -0.2) is 17.7 Å². The molecule has 2 aromatic carbocycles.